The molecule has 2 N–H and O–H groups in total. The molecule has 0 aliphatic heterocycles. The molecule has 0 saturated carbocycles. The number of sulfonamides is 1. The highest BCUT2D eigenvalue weighted by Crippen LogP contribution is 2.25. The highest BCUT2D eigenvalue weighted by atomic mass is 32.2. The van der Waals surface area contributed by atoms with Gasteiger partial charge in [-0.1, -0.05) is 19.0 Å². The van der Waals surface area contributed by atoms with Gasteiger partial charge in [-0.15, -0.1) is 11.3 Å². The Morgan fingerprint density at radius 1 is 1.33 bits per heavy atom. The SMILES string of the molecule is CNS(=O)(=O)c1ccc(CNC(=O)c2cc(C(C)C)nc3onc(C)c23)s1. The third-order valence-electron chi connectivity index (χ3n) is 4.07. The first-order valence-electron chi connectivity index (χ1n) is 8.30. The smallest absolute Gasteiger partial charge is 0.259 e. The number of hydrogen-bond acceptors (Lipinski definition) is 7. The normalized spacial score (nSPS) is 12.0. The molecule has 0 atom stereocenters. The third-order valence-corrected chi connectivity index (χ3v) is 7.06. The first-order valence-corrected chi connectivity index (χ1v) is 10.6. The van der Waals surface area contributed by atoms with Crippen LogP contribution in [0.25, 0.3) is 11.1 Å². The highest BCUT2D eigenvalue weighted by Gasteiger charge is 2.20. The zero-order chi connectivity index (χ0) is 19.8. The first kappa shape index (κ1) is 19.5. The zero-order valence-electron chi connectivity index (χ0n) is 15.4. The Morgan fingerprint density at radius 3 is 2.74 bits per heavy atom. The van der Waals surface area contributed by atoms with Gasteiger partial charge in [-0.05, 0) is 38.1 Å². The largest absolute Gasteiger partial charge is 0.347 e. The lowest BCUT2D eigenvalue weighted by Crippen LogP contribution is -2.23. The molecular formula is C17H20N4O4S2. The van der Waals surface area contributed by atoms with E-state index in [-0.39, 0.29) is 22.6 Å². The molecule has 0 unspecified atom stereocenters. The van der Waals surface area contributed by atoms with Gasteiger partial charge in [0.1, 0.15) is 4.21 Å². The van der Waals surface area contributed by atoms with Crippen LogP contribution in [0.2, 0.25) is 0 Å². The molecule has 1 amide bonds. The Morgan fingerprint density at radius 2 is 2.07 bits per heavy atom. The fraction of sp³-hybridized carbons (Fsp3) is 0.353. The lowest BCUT2D eigenvalue weighted by Gasteiger charge is -2.09. The van der Waals surface area contributed by atoms with E-state index in [4.69, 9.17) is 4.52 Å². The summed E-state index contributed by atoms with van der Waals surface area (Å²) in [5.74, 6) is -0.167. The van der Waals surface area contributed by atoms with Gasteiger partial charge >= 0.3 is 0 Å². The van der Waals surface area contributed by atoms with Crippen molar-refractivity contribution in [3.8, 4) is 0 Å². The molecular weight excluding hydrogens is 388 g/mol. The molecule has 0 aromatic carbocycles. The van der Waals surface area contributed by atoms with Crippen LogP contribution in [-0.2, 0) is 16.6 Å². The van der Waals surface area contributed by atoms with Crippen LogP contribution in [0.5, 0.6) is 0 Å². The van der Waals surface area contributed by atoms with E-state index in [1.807, 2.05) is 13.8 Å². The van der Waals surface area contributed by atoms with Gasteiger partial charge < -0.3 is 9.84 Å². The predicted molar refractivity (Wildman–Crippen MR) is 102 cm³/mol. The fourth-order valence-corrected chi connectivity index (χ4v) is 4.68. The number of rotatable bonds is 6. The first-order chi connectivity index (χ1) is 12.7. The summed E-state index contributed by atoms with van der Waals surface area (Å²) in [5.41, 5.74) is 2.11. The molecule has 0 radical (unpaired) electrons. The van der Waals surface area contributed by atoms with E-state index in [1.165, 1.54) is 13.1 Å². The highest BCUT2D eigenvalue weighted by molar-refractivity contribution is 7.91. The van der Waals surface area contributed by atoms with Gasteiger partial charge in [0.15, 0.2) is 0 Å². The van der Waals surface area contributed by atoms with Gasteiger partial charge in [-0.3, -0.25) is 4.79 Å². The maximum Gasteiger partial charge on any atom is 0.259 e. The quantitative estimate of drug-likeness (QED) is 0.648. The zero-order valence-corrected chi connectivity index (χ0v) is 17.0. The molecule has 0 spiro atoms. The molecule has 3 aromatic heterocycles. The number of carbonyl (C=O) groups excluding carboxylic acids is 1. The van der Waals surface area contributed by atoms with Gasteiger partial charge in [0.25, 0.3) is 11.6 Å². The van der Waals surface area contributed by atoms with Gasteiger partial charge in [0.05, 0.1) is 23.2 Å². The van der Waals surface area contributed by atoms with Crippen molar-refractivity contribution in [2.75, 3.05) is 7.05 Å². The third kappa shape index (κ3) is 3.87. The maximum atomic E-state index is 12.8. The second-order valence-electron chi connectivity index (χ2n) is 6.31. The summed E-state index contributed by atoms with van der Waals surface area (Å²) in [6.45, 7) is 5.93. The average molecular weight is 409 g/mol. The number of fused-ring (bicyclic) bond motifs is 1. The molecule has 0 aliphatic carbocycles. The van der Waals surface area contributed by atoms with Crippen LogP contribution in [0.3, 0.4) is 0 Å². The minimum atomic E-state index is -3.48. The summed E-state index contributed by atoms with van der Waals surface area (Å²) in [6, 6.07) is 4.95. The number of thiophene rings is 1. The standard InChI is InChI=1S/C17H20N4O4S2/c1-9(2)13-7-12(15-10(3)21-25-17(15)20-13)16(22)19-8-11-5-6-14(26-11)27(23,24)18-4/h5-7,9,18H,8H2,1-4H3,(H,19,22). The van der Waals surface area contributed by atoms with Gasteiger partial charge in [-0.25, -0.2) is 18.1 Å². The monoisotopic (exact) mass is 408 g/mol. The number of amides is 1. The van der Waals surface area contributed by atoms with Crippen molar-refractivity contribution in [3.05, 3.63) is 40.0 Å². The molecule has 10 heteroatoms. The van der Waals surface area contributed by atoms with Gasteiger partial charge in [-0.2, -0.15) is 0 Å². The van der Waals surface area contributed by atoms with E-state index in [0.717, 1.165) is 21.9 Å². The Bertz CT molecular complexity index is 1100. The van der Waals surface area contributed by atoms with E-state index in [1.54, 1.807) is 19.1 Å². The number of pyridine rings is 1. The lowest BCUT2D eigenvalue weighted by molar-refractivity contribution is 0.0952. The van der Waals surface area contributed by atoms with Crippen molar-refractivity contribution in [2.24, 2.45) is 0 Å². The van der Waals surface area contributed by atoms with E-state index in [0.29, 0.717) is 22.4 Å². The molecule has 0 fully saturated rings. The summed E-state index contributed by atoms with van der Waals surface area (Å²) >= 11 is 1.11. The second-order valence-corrected chi connectivity index (χ2v) is 9.59. The lowest BCUT2D eigenvalue weighted by atomic mass is 10.0. The van der Waals surface area contributed by atoms with E-state index in [9.17, 15) is 13.2 Å². The number of aryl methyl sites for hydroxylation is 1. The minimum Gasteiger partial charge on any atom is -0.347 e. The number of aromatic nitrogens is 2. The Kier molecular flexibility index (Phi) is 5.31. The van der Waals surface area contributed by atoms with Crippen LogP contribution in [0, 0.1) is 6.92 Å². The molecule has 0 aliphatic rings. The summed E-state index contributed by atoms with van der Waals surface area (Å²) in [5, 5.41) is 7.33. The van der Waals surface area contributed by atoms with E-state index >= 15 is 0 Å². The Hall–Kier alpha value is -2.30. The number of nitrogens with zero attached hydrogens (tertiary/aromatic N) is 2. The number of hydrogen-bond donors (Lipinski definition) is 2. The summed E-state index contributed by atoms with van der Waals surface area (Å²) < 4.78 is 31.3. The van der Waals surface area contributed by atoms with E-state index < -0.39 is 10.0 Å². The molecule has 27 heavy (non-hydrogen) atoms. The summed E-state index contributed by atoms with van der Waals surface area (Å²) in [6.07, 6.45) is 0. The Labute approximate surface area is 161 Å². The van der Waals surface area contributed by atoms with Crippen LogP contribution in [0.1, 0.15) is 46.4 Å². The summed E-state index contributed by atoms with van der Waals surface area (Å²) in [4.78, 5) is 17.9. The van der Waals surface area contributed by atoms with Gasteiger partial charge in [0, 0.05) is 10.6 Å². The van der Waals surface area contributed by atoms with Crippen molar-refractivity contribution < 1.29 is 17.7 Å². The van der Waals surface area contributed by atoms with Crippen LogP contribution in [0.4, 0.5) is 0 Å². The van der Waals surface area contributed by atoms with Crippen molar-refractivity contribution in [2.45, 2.75) is 37.4 Å². The number of nitrogens with one attached hydrogen (secondary N) is 2. The van der Waals surface area contributed by atoms with Crippen molar-refractivity contribution in [3.63, 3.8) is 0 Å². The van der Waals surface area contributed by atoms with Crippen LogP contribution in [-0.4, -0.2) is 31.5 Å². The minimum absolute atomic E-state index is 0.123. The summed E-state index contributed by atoms with van der Waals surface area (Å²) in [7, 11) is -2.12. The molecule has 0 bridgehead atoms. The topological polar surface area (TPSA) is 114 Å². The van der Waals surface area contributed by atoms with Crippen LogP contribution in [0.15, 0.2) is 26.9 Å². The fourth-order valence-electron chi connectivity index (χ4n) is 2.55. The molecule has 3 aromatic rings. The van der Waals surface area contributed by atoms with Gasteiger partial charge in [0.2, 0.25) is 10.0 Å². The van der Waals surface area contributed by atoms with Crippen molar-refractivity contribution in [1.29, 1.82) is 0 Å². The maximum absolute atomic E-state index is 12.8. The van der Waals surface area contributed by atoms with E-state index in [2.05, 4.69) is 20.2 Å². The predicted octanol–water partition coefficient (Wildman–Crippen LogP) is 2.55. The average Bonchev–Trinajstić information content (AvgIpc) is 3.26. The molecule has 0 saturated heterocycles. The molecule has 3 rings (SSSR count). The Balaban J connectivity index is 1.85. The van der Waals surface area contributed by atoms with Crippen molar-refractivity contribution >= 4 is 38.4 Å². The van der Waals surface area contributed by atoms with Crippen molar-refractivity contribution in [1.82, 2.24) is 20.2 Å². The van der Waals surface area contributed by atoms with Crippen LogP contribution >= 0.6 is 11.3 Å². The molecule has 8 nitrogen and oxygen atoms in total. The number of carbonyl (C=O) groups is 1. The molecule has 144 valence electrons. The molecule has 3 heterocycles. The second kappa shape index (κ2) is 7.37. The van der Waals surface area contributed by atoms with Crippen LogP contribution < -0.4 is 10.0 Å².